The van der Waals surface area contributed by atoms with Crippen molar-refractivity contribution in [2.45, 2.75) is 13.0 Å². The summed E-state index contributed by atoms with van der Waals surface area (Å²) in [6.45, 7) is 1.99. The number of hydrogen-bond acceptors (Lipinski definition) is 2. The average Bonchev–Trinajstić information content (AvgIpc) is 2.74. The molecule has 3 heteroatoms. The minimum Gasteiger partial charge on any atom is -0.345 e. The first-order chi connectivity index (χ1) is 13.2. The fraction of sp³-hybridized carbons (Fsp3) is 0.0833. The lowest BCUT2D eigenvalue weighted by Crippen LogP contribution is -2.27. The molecule has 0 aliphatic carbocycles. The highest BCUT2D eigenvalue weighted by Gasteiger charge is 2.16. The first-order valence-electron chi connectivity index (χ1n) is 9.03. The van der Waals surface area contributed by atoms with Crippen molar-refractivity contribution in [2.24, 2.45) is 0 Å². The fourth-order valence-corrected chi connectivity index (χ4v) is 3.22. The molecule has 4 rings (SSSR count). The summed E-state index contributed by atoms with van der Waals surface area (Å²) < 4.78 is 0. The summed E-state index contributed by atoms with van der Waals surface area (Å²) in [5.74, 6) is -0.0952. The predicted octanol–water partition coefficient (Wildman–Crippen LogP) is 5.39. The molecule has 0 radical (unpaired) electrons. The third kappa shape index (κ3) is 3.58. The van der Waals surface area contributed by atoms with Gasteiger partial charge in [0.15, 0.2) is 0 Å². The molecule has 0 spiro atoms. The molecule has 4 aromatic rings. The summed E-state index contributed by atoms with van der Waals surface area (Å²) in [6.07, 6.45) is 0. The van der Waals surface area contributed by atoms with Crippen molar-refractivity contribution >= 4 is 16.8 Å². The molecule has 0 bridgehead atoms. The van der Waals surface area contributed by atoms with Crippen LogP contribution < -0.4 is 5.32 Å². The molecular formula is C24H20N2O. The van der Waals surface area contributed by atoms with Crippen LogP contribution in [0.3, 0.4) is 0 Å². The van der Waals surface area contributed by atoms with E-state index in [4.69, 9.17) is 4.98 Å². The van der Waals surface area contributed by atoms with Crippen LogP contribution in [0.15, 0.2) is 91.0 Å². The maximum absolute atomic E-state index is 13.1. The Balaban J connectivity index is 1.74. The van der Waals surface area contributed by atoms with E-state index in [0.29, 0.717) is 5.56 Å². The molecule has 1 amide bonds. The van der Waals surface area contributed by atoms with E-state index in [0.717, 1.165) is 27.7 Å². The lowest BCUT2D eigenvalue weighted by Gasteiger charge is -2.16. The summed E-state index contributed by atoms with van der Waals surface area (Å²) >= 11 is 0. The zero-order valence-corrected chi connectivity index (χ0v) is 15.1. The lowest BCUT2D eigenvalue weighted by atomic mass is 10.0. The van der Waals surface area contributed by atoms with Gasteiger partial charge in [0.25, 0.3) is 5.91 Å². The maximum Gasteiger partial charge on any atom is 0.252 e. The molecule has 0 saturated heterocycles. The van der Waals surface area contributed by atoms with Crippen molar-refractivity contribution < 1.29 is 4.79 Å². The number of fused-ring (bicyclic) bond motifs is 1. The number of pyridine rings is 1. The van der Waals surface area contributed by atoms with E-state index >= 15 is 0 Å². The van der Waals surface area contributed by atoms with E-state index in [1.165, 1.54) is 0 Å². The Kier molecular flexibility index (Phi) is 4.67. The average molecular weight is 352 g/mol. The van der Waals surface area contributed by atoms with E-state index in [-0.39, 0.29) is 11.9 Å². The summed E-state index contributed by atoms with van der Waals surface area (Å²) in [5, 5.41) is 3.97. The van der Waals surface area contributed by atoms with Crippen molar-refractivity contribution in [3.63, 3.8) is 0 Å². The van der Waals surface area contributed by atoms with Crippen molar-refractivity contribution in [1.29, 1.82) is 0 Å². The largest absolute Gasteiger partial charge is 0.345 e. The number of nitrogens with zero attached hydrogens (tertiary/aromatic N) is 1. The molecule has 0 unspecified atom stereocenters. The van der Waals surface area contributed by atoms with Crippen LogP contribution in [0.5, 0.6) is 0 Å². The number of para-hydroxylation sites is 1. The van der Waals surface area contributed by atoms with Crippen LogP contribution in [-0.4, -0.2) is 10.9 Å². The first-order valence-corrected chi connectivity index (χ1v) is 9.03. The Morgan fingerprint density at radius 1 is 0.852 bits per heavy atom. The molecule has 3 nitrogen and oxygen atoms in total. The Morgan fingerprint density at radius 3 is 2.22 bits per heavy atom. The van der Waals surface area contributed by atoms with Gasteiger partial charge in [-0.2, -0.15) is 0 Å². The van der Waals surface area contributed by atoms with Crippen LogP contribution in [0, 0.1) is 0 Å². The number of benzene rings is 3. The number of amides is 1. The number of rotatable bonds is 4. The zero-order valence-electron chi connectivity index (χ0n) is 15.1. The van der Waals surface area contributed by atoms with Crippen LogP contribution in [0.4, 0.5) is 0 Å². The highest BCUT2D eigenvalue weighted by molar-refractivity contribution is 6.07. The predicted molar refractivity (Wildman–Crippen MR) is 110 cm³/mol. The standard InChI is InChI=1S/C24H20N2O/c1-17(18-10-4-2-5-11-18)25-24(27)21-16-23(19-12-6-3-7-13-19)26-22-15-9-8-14-20(21)22/h2-17H,1H3,(H,25,27)/t17-/m1/s1. The molecule has 132 valence electrons. The van der Waals surface area contributed by atoms with E-state index in [2.05, 4.69) is 5.32 Å². The molecular weight excluding hydrogens is 332 g/mol. The van der Waals surface area contributed by atoms with Gasteiger partial charge >= 0.3 is 0 Å². The lowest BCUT2D eigenvalue weighted by molar-refractivity contribution is 0.0941. The monoisotopic (exact) mass is 352 g/mol. The molecule has 0 fully saturated rings. The van der Waals surface area contributed by atoms with Gasteiger partial charge in [0.1, 0.15) is 0 Å². The van der Waals surface area contributed by atoms with Gasteiger partial charge in [-0.15, -0.1) is 0 Å². The molecule has 0 saturated carbocycles. The van der Waals surface area contributed by atoms with Crippen LogP contribution in [0.25, 0.3) is 22.2 Å². The van der Waals surface area contributed by atoms with Crippen molar-refractivity contribution in [3.05, 3.63) is 102 Å². The Morgan fingerprint density at radius 2 is 1.48 bits per heavy atom. The van der Waals surface area contributed by atoms with Gasteiger partial charge in [0, 0.05) is 10.9 Å². The van der Waals surface area contributed by atoms with E-state index in [1.54, 1.807) is 0 Å². The Labute approximate surface area is 158 Å². The van der Waals surface area contributed by atoms with Gasteiger partial charge in [-0.1, -0.05) is 78.9 Å². The van der Waals surface area contributed by atoms with E-state index in [1.807, 2.05) is 97.9 Å². The van der Waals surface area contributed by atoms with Crippen molar-refractivity contribution in [3.8, 4) is 11.3 Å². The second-order valence-corrected chi connectivity index (χ2v) is 6.54. The number of aromatic nitrogens is 1. The fourth-order valence-electron chi connectivity index (χ4n) is 3.22. The molecule has 1 atom stereocenters. The van der Waals surface area contributed by atoms with Gasteiger partial charge < -0.3 is 5.32 Å². The summed E-state index contributed by atoms with van der Waals surface area (Å²) in [4.78, 5) is 17.8. The van der Waals surface area contributed by atoms with Crippen molar-refractivity contribution in [1.82, 2.24) is 10.3 Å². The van der Waals surface area contributed by atoms with Crippen molar-refractivity contribution in [2.75, 3.05) is 0 Å². The van der Waals surface area contributed by atoms with E-state index < -0.39 is 0 Å². The molecule has 1 heterocycles. The van der Waals surface area contributed by atoms with Crippen LogP contribution in [0.1, 0.15) is 28.9 Å². The maximum atomic E-state index is 13.1. The van der Waals surface area contributed by atoms with Crippen LogP contribution >= 0.6 is 0 Å². The Bertz CT molecular complexity index is 1080. The third-order valence-electron chi connectivity index (χ3n) is 4.68. The molecule has 1 N–H and O–H groups in total. The summed E-state index contributed by atoms with van der Waals surface area (Å²) in [6, 6.07) is 29.5. The highest BCUT2D eigenvalue weighted by Crippen LogP contribution is 2.25. The quantitative estimate of drug-likeness (QED) is 0.535. The van der Waals surface area contributed by atoms with Crippen LogP contribution in [0.2, 0.25) is 0 Å². The second-order valence-electron chi connectivity index (χ2n) is 6.54. The Hall–Kier alpha value is -3.46. The van der Waals surface area contributed by atoms with Gasteiger partial charge in [-0.05, 0) is 24.6 Å². The number of hydrogen-bond donors (Lipinski definition) is 1. The minimum atomic E-state index is -0.0952. The molecule has 27 heavy (non-hydrogen) atoms. The topological polar surface area (TPSA) is 42.0 Å². The normalized spacial score (nSPS) is 11.9. The van der Waals surface area contributed by atoms with Gasteiger partial charge in [0.2, 0.25) is 0 Å². The number of nitrogens with one attached hydrogen (secondary N) is 1. The second kappa shape index (κ2) is 7.42. The van der Waals surface area contributed by atoms with Gasteiger partial charge in [0.05, 0.1) is 22.8 Å². The van der Waals surface area contributed by atoms with Crippen LogP contribution in [-0.2, 0) is 0 Å². The number of carbonyl (C=O) groups is 1. The minimum absolute atomic E-state index is 0.0780. The van der Waals surface area contributed by atoms with E-state index in [9.17, 15) is 4.79 Å². The first kappa shape index (κ1) is 17.0. The zero-order chi connectivity index (χ0) is 18.6. The SMILES string of the molecule is C[C@@H](NC(=O)c1cc(-c2ccccc2)nc2ccccc12)c1ccccc1. The molecule has 0 aliphatic rings. The van der Waals surface area contributed by atoms with Gasteiger partial charge in [-0.3, -0.25) is 4.79 Å². The molecule has 0 aliphatic heterocycles. The summed E-state index contributed by atoms with van der Waals surface area (Å²) in [7, 11) is 0. The highest BCUT2D eigenvalue weighted by atomic mass is 16.1. The smallest absolute Gasteiger partial charge is 0.252 e. The number of carbonyl (C=O) groups excluding carboxylic acids is 1. The molecule has 1 aromatic heterocycles. The molecule has 3 aromatic carbocycles. The van der Waals surface area contributed by atoms with Gasteiger partial charge in [-0.25, -0.2) is 4.98 Å². The summed E-state index contributed by atoms with van der Waals surface area (Å²) in [5.41, 5.74) is 4.33. The third-order valence-corrected chi connectivity index (χ3v) is 4.68.